The van der Waals surface area contributed by atoms with Gasteiger partial charge in [-0.25, -0.2) is 28.2 Å². The lowest BCUT2D eigenvalue weighted by atomic mass is 9.69. The van der Waals surface area contributed by atoms with Crippen molar-refractivity contribution in [2.24, 2.45) is 5.92 Å². The summed E-state index contributed by atoms with van der Waals surface area (Å²) in [6, 6.07) is 4.77. The Morgan fingerprint density at radius 1 is 1.27 bits per heavy atom. The first-order valence-corrected chi connectivity index (χ1v) is 12.4. The fourth-order valence-electron chi connectivity index (χ4n) is 4.50. The van der Waals surface area contributed by atoms with Gasteiger partial charge in [-0.15, -0.1) is 0 Å². The number of allylic oxidation sites excluding steroid dienone is 1. The molecule has 33 heavy (non-hydrogen) atoms. The molecule has 6 rings (SSSR count). The second kappa shape index (κ2) is 7.63. The van der Waals surface area contributed by atoms with E-state index in [1.54, 1.807) is 23.1 Å². The van der Waals surface area contributed by atoms with Crippen molar-refractivity contribution in [1.82, 2.24) is 30.0 Å². The van der Waals surface area contributed by atoms with Crippen LogP contribution in [0.5, 0.6) is 0 Å². The Labute approximate surface area is 195 Å². The van der Waals surface area contributed by atoms with E-state index >= 15 is 0 Å². The number of carbonyl (C=O) groups excluding carboxylic acids is 1. The molecule has 10 nitrogen and oxygen atoms in total. The molecule has 0 radical (unpaired) electrons. The summed E-state index contributed by atoms with van der Waals surface area (Å²) in [4.78, 5) is 27.8. The van der Waals surface area contributed by atoms with Crippen LogP contribution in [0.3, 0.4) is 0 Å². The maximum Gasteiger partial charge on any atom is 0.326 e. The third kappa shape index (κ3) is 3.66. The number of urea groups is 1. The number of anilines is 1. The Morgan fingerprint density at radius 3 is 2.70 bits per heavy atom. The van der Waals surface area contributed by atoms with Gasteiger partial charge >= 0.3 is 6.03 Å². The van der Waals surface area contributed by atoms with E-state index < -0.39 is 15.4 Å². The van der Waals surface area contributed by atoms with Crippen LogP contribution in [0.2, 0.25) is 5.02 Å². The van der Waals surface area contributed by atoms with E-state index in [9.17, 15) is 13.2 Å². The average Bonchev–Trinajstić information content (AvgIpc) is 3.28. The van der Waals surface area contributed by atoms with Gasteiger partial charge in [-0.2, -0.15) is 5.10 Å². The van der Waals surface area contributed by atoms with Crippen LogP contribution in [-0.2, 0) is 15.4 Å². The minimum atomic E-state index is -3.42. The number of halogens is 1. The highest BCUT2D eigenvalue weighted by Crippen LogP contribution is 2.54. The van der Waals surface area contributed by atoms with Crippen molar-refractivity contribution >= 4 is 33.2 Å². The van der Waals surface area contributed by atoms with Crippen LogP contribution in [0, 0.1) is 5.92 Å². The standard InChI is InChI=1S/C21H20ClN7O3S/c1-12-5-14-8-21(7-12,19-23-9-15(10-24-19)33(2,31)32)29(14)20(30)27-13-3-4-17(22)16(6-13)18-25-11-26-28-18/h3-6,9-12H,7-8H2,1-2H3,(H,27,30)(H,25,26,28). The lowest BCUT2D eigenvalue weighted by Gasteiger charge is -2.57. The Kier molecular flexibility index (Phi) is 4.98. The molecule has 1 saturated heterocycles. The average molecular weight is 486 g/mol. The molecule has 2 unspecified atom stereocenters. The zero-order chi connectivity index (χ0) is 23.4. The third-order valence-electron chi connectivity index (χ3n) is 5.89. The van der Waals surface area contributed by atoms with Crippen molar-refractivity contribution in [3.63, 3.8) is 0 Å². The highest BCUT2D eigenvalue weighted by Gasteiger charge is 2.57. The number of benzene rings is 1. The molecule has 0 saturated carbocycles. The van der Waals surface area contributed by atoms with Crippen molar-refractivity contribution in [1.29, 1.82) is 0 Å². The molecule has 2 N–H and O–H groups in total. The fourth-order valence-corrected chi connectivity index (χ4v) is 5.20. The Hall–Kier alpha value is -3.31. The highest BCUT2D eigenvalue weighted by molar-refractivity contribution is 7.90. The molecule has 1 aromatic carbocycles. The Morgan fingerprint density at radius 2 is 2.03 bits per heavy atom. The molecule has 1 fully saturated rings. The SMILES string of the molecule is CC1C=C2CC(c3ncc(S(C)(=O)=O)cn3)(C1)N2C(=O)Nc1ccc(Cl)c(-c2ncn[nH]2)c1. The summed E-state index contributed by atoms with van der Waals surface area (Å²) < 4.78 is 23.6. The van der Waals surface area contributed by atoms with E-state index in [1.807, 2.05) is 0 Å². The van der Waals surface area contributed by atoms with Crippen LogP contribution < -0.4 is 5.32 Å². The zero-order valence-electron chi connectivity index (χ0n) is 17.8. The molecule has 1 aliphatic carbocycles. The first-order chi connectivity index (χ1) is 15.7. The van der Waals surface area contributed by atoms with Crippen molar-refractivity contribution in [2.45, 2.75) is 30.2 Å². The van der Waals surface area contributed by atoms with Crippen LogP contribution >= 0.6 is 11.6 Å². The monoisotopic (exact) mass is 485 g/mol. The summed E-state index contributed by atoms with van der Waals surface area (Å²) in [6.07, 6.45) is 8.38. The number of rotatable bonds is 4. The molecule has 3 aromatic rings. The normalized spacial score (nSPS) is 21.8. The third-order valence-corrected chi connectivity index (χ3v) is 7.29. The number of aromatic nitrogens is 5. The minimum absolute atomic E-state index is 0.0405. The van der Waals surface area contributed by atoms with E-state index in [0.717, 1.165) is 12.0 Å². The van der Waals surface area contributed by atoms with Gasteiger partial charge in [0.15, 0.2) is 21.5 Å². The molecular weight excluding hydrogens is 466 g/mol. The molecule has 0 spiro atoms. The van der Waals surface area contributed by atoms with Gasteiger partial charge in [0.25, 0.3) is 0 Å². The fraction of sp³-hybridized carbons (Fsp3) is 0.286. The van der Waals surface area contributed by atoms with Gasteiger partial charge in [0, 0.05) is 42.0 Å². The maximum absolute atomic E-state index is 13.4. The molecule has 2 amide bonds. The minimum Gasteiger partial charge on any atom is -0.307 e. The van der Waals surface area contributed by atoms with Crippen LogP contribution in [0.25, 0.3) is 11.4 Å². The van der Waals surface area contributed by atoms with Crippen LogP contribution in [0.15, 0.2) is 53.6 Å². The summed E-state index contributed by atoms with van der Waals surface area (Å²) in [6.45, 7) is 2.07. The van der Waals surface area contributed by atoms with Gasteiger partial charge in [0.1, 0.15) is 16.8 Å². The molecule has 4 heterocycles. The van der Waals surface area contributed by atoms with Crippen LogP contribution in [-0.4, -0.2) is 50.8 Å². The number of fused-ring (bicyclic) bond motifs is 2. The second-order valence-electron chi connectivity index (χ2n) is 8.36. The summed E-state index contributed by atoms with van der Waals surface area (Å²) in [5, 5.41) is 10.00. The van der Waals surface area contributed by atoms with E-state index in [0.29, 0.717) is 40.8 Å². The Bertz CT molecular complexity index is 1370. The lowest BCUT2D eigenvalue weighted by Crippen LogP contribution is -2.62. The first-order valence-electron chi connectivity index (χ1n) is 10.2. The van der Waals surface area contributed by atoms with Gasteiger partial charge in [0.2, 0.25) is 0 Å². The van der Waals surface area contributed by atoms with Crippen LogP contribution in [0.1, 0.15) is 25.6 Å². The number of nitrogens with one attached hydrogen (secondary N) is 2. The van der Waals surface area contributed by atoms with E-state index in [-0.39, 0.29) is 16.8 Å². The number of carbonyl (C=O) groups is 1. The number of sulfone groups is 1. The van der Waals surface area contributed by atoms with Crippen molar-refractivity contribution in [3.8, 4) is 11.4 Å². The van der Waals surface area contributed by atoms with Crippen molar-refractivity contribution in [3.05, 3.63) is 59.5 Å². The lowest BCUT2D eigenvalue weighted by molar-refractivity contribution is 0.0343. The van der Waals surface area contributed by atoms with Gasteiger partial charge in [-0.1, -0.05) is 24.6 Å². The van der Waals surface area contributed by atoms with E-state index in [1.165, 1.54) is 18.7 Å². The van der Waals surface area contributed by atoms with Gasteiger partial charge in [-0.05, 0) is 30.5 Å². The maximum atomic E-state index is 13.4. The highest BCUT2D eigenvalue weighted by atomic mass is 35.5. The molecule has 170 valence electrons. The predicted octanol–water partition coefficient (Wildman–Crippen LogP) is 3.38. The molecule has 2 atom stereocenters. The van der Waals surface area contributed by atoms with Crippen molar-refractivity contribution in [2.75, 3.05) is 11.6 Å². The van der Waals surface area contributed by atoms with E-state index in [2.05, 4.69) is 43.5 Å². The van der Waals surface area contributed by atoms with E-state index in [4.69, 9.17) is 11.6 Å². The number of amides is 2. The number of H-pyrrole nitrogens is 1. The topological polar surface area (TPSA) is 134 Å². The first kappa shape index (κ1) is 21.5. The van der Waals surface area contributed by atoms with Crippen LogP contribution in [0.4, 0.5) is 10.5 Å². The molecule has 2 aromatic heterocycles. The summed E-state index contributed by atoms with van der Waals surface area (Å²) in [5.41, 5.74) is 1.30. The predicted molar refractivity (Wildman–Crippen MR) is 121 cm³/mol. The summed E-state index contributed by atoms with van der Waals surface area (Å²) in [5.74, 6) is 1.14. The van der Waals surface area contributed by atoms with Crippen molar-refractivity contribution < 1.29 is 13.2 Å². The van der Waals surface area contributed by atoms with Gasteiger partial charge < -0.3 is 5.32 Å². The molecule has 2 aliphatic heterocycles. The summed E-state index contributed by atoms with van der Waals surface area (Å²) in [7, 11) is -3.42. The number of aromatic amines is 1. The molecule has 12 heteroatoms. The second-order valence-corrected chi connectivity index (χ2v) is 10.8. The smallest absolute Gasteiger partial charge is 0.307 e. The Balaban J connectivity index is 1.45. The largest absolute Gasteiger partial charge is 0.326 e. The summed E-state index contributed by atoms with van der Waals surface area (Å²) >= 11 is 6.29. The zero-order valence-corrected chi connectivity index (χ0v) is 19.4. The molecular formula is C21H20ClN7O3S. The quantitative estimate of drug-likeness (QED) is 0.578. The molecule has 2 bridgehead atoms. The van der Waals surface area contributed by atoms with Gasteiger partial charge in [0.05, 0.1) is 5.02 Å². The molecule has 3 aliphatic rings. The number of nitrogens with zero attached hydrogens (tertiary/aromatic N) is 5. The number of hydrogen-bond donors (Lipinski definition) is 2. The van der Waals surface area contributed by atoms with Gasteiger partial charge in [-0.3, -0.25) is 10.00 Å². The number of hydrogen-bond acceptors (Lipinski definition) is 7.